The van der Waals surface area contributed by atoms with Crippen LogP contribution >= 0.6 is 0 Å². The van der Waals surface area contributed by atoms with Crippen LogP contribution in [-0.4, -0.2) is 15.8 Å². The minimum Gasteiger partial charge on any atom is -0.292 e. The first kappa shape index (κ1) is 11.1. The summed E-state index contributed by atoms with van der Waals surface area (Å²) in [6, 6.07) is 10.2. The van der Waals surface area contributed by atoms with Gasteiger partial charge in [0.2, 0.25) is 0 Å². The zero-order chi connectivity index (χ0) is 12.5. The van der Waals surface area contributed by atoms with E-state index in [2.05, 4.69) is 22.1 Å². The van der Waals surface area contributed by atoms with Gasteiger partial charge in [-0.15, -0.1) is 0 Å². The van der Waals surface area contributed by atoms with Crippen LogP contribution in [-0.2, 0) is 0 Å². The number of nitrogens with zero attached hydrogens (tertiary/aromatic N) is 2. The molecule has 1 fully saturated rings. The van der Waals surface area contributed by atoms with Crippen molar-refractivity contribution in [1.82, 2.24) is 9.97 Å². The van der Waals surface area contributed by atoms with Crippen molar-refractivity contribution in [3.05, 3.63) is 59.7 Å². The first-order valence-corrected chi connectivity index (χ1v) is 6.13. The average molecular weight is 238 g/mol. The van der Waals surface area contributed by atoms with Gasteiger partial charge < -0.3 is 0 Å². The van der Waals surface area contributed by atoms with Crippen molar-refractivity contribution < 1.29 is 4.79 Å². The summed E-state index contributed by atoms with van der Waals surface area (Å²) in [5, 5.41) is 0. The Balaban J connectivity index is 1.75. The molecule has 3 rings (SSSR count). The first-order chi connectivity index (χ1) is 8.75. The van der Waals surface area contributed by atoms with E-state index in [1.54, 1.807) is 12.4 Å². The Morgan fingerprint density at radius 3 is 2.61 bits per heavy atom. The molecule has 0 spiro atoms. The van der Waals surface area contributed by atoms with Gasteiger partial charge in [0.05, 0.1) is 11.9 Å². The number of rotatable bonds is 3. The molecule has 0 radical (unpaired) electrons. The Morgan fingerprint density at radius 2 is 1.94 bits per heavy atom. The van der Waals surface area contributed by atoms with Gasteiger partial charge in [-0.3, -0.25) is 9.78 Å². The smallest absolute Gasteiger partial charge is 0.186 e. The van der Waals surface area contributed by atoms with E-state index in [-0.39, 0.29) is 11.7 Å². The van der Waals surface area contributed by atoms with E-state index in [0.717, 1.165) is 12.1 Å². The minimum atomic E-state index is 0.0874. The Bertz CT molecular complexity index is 563. The quantitative estimate of drug-likeness (QED) is 0.772. The third kappa shape index (κ3) is 2.04. The van der Waals surface area contributed by atoms with Crippen LogP contribution in [0.4, 0.5) is 0 Å². The molecule has 0 bridgehead atoms. The lowest BCUT2D eigenvalue weighted by atomic mass is 10.1. The van der Waals surface area contributed by atoms with E-state index in [0.29, 0.717) is 11.6 Å². The van der Waals surface area contributed by atoms with Gasteiger partial charge in [-0.1, -0.05) is 30.3 Å². The van der Waals surface area contributed by atoms with Gasteiger partial charge >= 0.3 is 0 Å². The van der Waals surface area contributed by atoms with Crippen LogP contribution in [0.1, 0.15) is 34.1 Å². The largest absolute Gasteiger partial charge is 0.292 e. The molecule has 0 aliphatic heterocycles. The number of ketones is 1. The van der Waals surface area contributed by atoms with Crippen molar-refractivity contribution in [3.63, 3.8) is 0 Å². The van der Waals surface area contributed by atoms with Crippen LogP contribution in [0.15, 0.2) is 42.7 Å². The molecule has 2 atom stereocenters. The summed E-state index contributed by atoms with van der Waals surface area (Å²) in [6.45, 7) is 1.87. The molecule has 1 heterocycles. The standard InChI is InChI=1S/C15H14N2O/c1-10-8-17-14(9-16-10)15(18)13-7-12(13)11-5-3-2-4-6-11/h2-6,8-9,12-13H,7H2,1H3. The summed E-state index contributed by atoms with van der Waals surface area (Å²) in [4.78, 5) is 20.5. The third-order valence-corrected chi connectivity index (χ3v) is 3.39. The molecule has 1 saturated carbocycles. The summed E-state index contributed by atoms with van der Waals surface area (Å²) >= 11 is 0. The van der Waals surface area contributed by atoms with Gasteiger partial charge in [-0.2, -0.15) is 0 Å². The van der Waals surface area contributed by atoms with E-state index < -0.39 is 0 Å². The van der Waals surface area contributed by atoms with Gasteiger partial charge in [-0.05, 0) is 24.8 Å². The molecule has 2 unspecified atom stereocenters. The fourth-order valence-corrected chi connectivity index (χ4v) is 2.26. The highest BCUT2D eigenvalue weighted by atomic mass is 16.1. The van der Waals surface area contributed by atoms with Crippen LogP contribution in [0.5, 0.6) is 0 Å². The minimum absolute atomic E-state index is 0.0874. The molecule has 2 aromatic rings. The Labute approximate surface area is 106 Å². The van der Waals surface area contributed by atoms with Crippen LogP contribution in [0.2, 0.25) is 0 Å². The molecule has 1 aromatic heterocycles. The Hall–Kier alpha value is -2.03. The van der Waals surface area contributed by atoms with Crippen molar-refractivity contribution in [2.45, 2.75) is 19.3 Å². The highest BCUT2D eigenvalue weighted by molar-refractivity contribution is 5.98. The fourth-order valence-electron chi connectivity index (χ4n) is 2.26. The molecule has 3 heteroatoms. The average Bonchev–Trinajstić information content (AvgIpc) is 3.20. The molecular weight excluding hydrogens is 224 g/mol. The number of hydrogen-bond donors (Lipinski definition) is 0. The number of aryl methyl sites for hydroxylation is 1. The molecule has 90 valence electrons. The van der Waals surface area contributed by atoms with Crippen LogP contribution in [0.3, 0.4) is 0 Å². The highest BCUT2D eigenvalue weighted by Crippen LogP contribution is 2.48. The van der Waals surface area contributed by atoms with E-state index in [1.807, 2.05) is 25.1 Å². The lowest BCUT2D eigenvalue weighted by Crippen LogP contribution is -2.06. The second kappa shape index (κ2) is 4.33. The van der Waals surface area contributed by atoms with E-state index in [4.69, 9.17) is 0 Å². The van der Waals surface area contributed by atoms with Crippen molar-refractivity contribution >= 4 is 5.78 Å². The maximum atomic E-state index is 12.2. The number of hydrogen-bond acceptors (Lipinski definition) is 3. The number of carbonyl (C=O) groups is 1. The molecule has 0 saturated heterocycles. The molecule has 1 aliphatic rings. The SMILES string of the molecule is Cc1cnc(C(=O)C2CC2c2ccccc2)cn1. The second-order valence-electron chi connectivity index (χ2n) is 4.77. The summed E-state index contributed by atoms with van der Waals surface area (Å²) < 4.78 is 0. The monoisotopic (exact) mass is 238 g/mol. The van der Waals surface area contributed by atoms with Crippen LogP contribution in [0.25, 0.3) is 0 Å². The van der Waals surface area contributed by atoms with Crippen LogP contribution in [0, 0.1) is 12.8 Å². The number of Topliss-reactive ketones (excluding diaryl/α,β-unsaturated/α-hetero) is 1. The number of carbonyl (C=O) groups excluding carboxylic acids is 1. The van der Waals surface area contributed by atoms with Crippen molar-refractivity contribution in [2.75, 3.05) is 0 Å². The third-order valence-electron chi connectivity index (χ3n) is 3.39. The van der Waals surface area contributed by atoms with E-state index in [9.17, 15) is 4.79 Å². The van der Waals surface area contributed by atoms with Crippen LogP contribution < -0.4 is 0 Å². The molecule has 1 aromatic carbocycles. The molecular formula is C15H14N2O. The highest BCUT2D eigenvalue weighted by Gasteiger charge is 2.44. The number of aromatic nitrogens is 2. The predicted molar refractivity (Wildman–Crippen MR) is 68.4 cm³/mol. The molecule has 18 heavy (non-hydrogen) atoms. The van der Waals surface area contributed by atoms with Gasteiger partial charge in [0.25, 0.3) is 0 Å². The normalized spacial score (nSPS) is 21.6. The molecule has 0 amide bonds. The zero-order valence-electron chi connectivity index (χ0n) is 10.2. The summed E-state index contributed by atoms with van der Waals surface area (Å²) in [6.07, 6.45) is 4.16. The summed E-state index contributed by atoms with van der Waals surface area (Å²) in [7, 11) is 0. The topological polar surface area (TPSA) is 42.9 Å². The fraction of sp³-hybridized carbons (Fsp3) is 0.267. The van der Waals surface area contributed by atoms with Crippen molar-refractivity contribution in [1.29, 1.82) is 0 Å². The maximum absolute atomic E-state index is 12.2. The van der Waals surface area contributed by atoms with Crippen molar-refractivity contribution in [2.24, 2.45) is 5.92 Å². The predicted octanol–water partition coefficient (Wildman–Crippen LogP) is 2.77. The first-order valence-electron chi connectivity index (χ1n) is 6.13. The van der Waals surface area contributed by atoms with Gasteiger partial charge in [0.15, 0.2) is 5.78 Å². The Kier molecular flexibility index (Phi) is 2.67. The molecule has 0 N–H and O–H groups in total. The van der Waals surface area contributed by atoms with Crippen molar-refractivity contribution in [3.8, 4) is 0 Å². The number of benzene rings is 1. The lowest BCUT2D eigenvalue weighted by molar-refractivity contribution is 0.0960. The molecule has 3 nitrogen and oxygen atoms in total. The summed E-state index contributed by atoms with van der Waals surface area (Å²) in [5.74, 6) is 0.572. The maximum Gasteiger partial charge on any atom is 0.186 e. The lowest BCUT2D eigenvalue weighted by Gasteiger charge is -2.00. The second-order valence-corrected chi connectivity index (χ2v) is 4.77. The van der Waals surface area contributed by atoms with Gasteiger partial charge in [0.1, 0.15) is 5.69 Å². The zero-order valence-corrected chi connectivity index (χ0v) is 10.2. The Morgan fingerprint density at radius 1 is 1.17 bits per heavy atom. The summed E-state index contributed by atoms with van der Waals surface area (Å²) in [5.41, 5.74) is 2.57. The van der Waals surface area contributed by atoms with E-state index >= 15 is 0 Å². The van der Waals surface area contributed by atoms with Gasteiger partial charge in [0, 0.05) is 12.1 Å². The van der Waals surface area contributed by atoms with E-state index in [1.165, 1.54) is 5.56 Å². The van der Waals surface area contributed by atoms with Gasteiger partial charge in [-0.25, -0.2) is 4.98 Å². The molecule has 1 aliphatic carbocycles.